The molecule has 1 heterocycles. The van der Waals surface area contributed by atoms with E-state index in [0.717, 1.165) is 31.1 Å². The lowest BCUT2D eigenvalue weighted by molar-refractivity contribution is 0.178. The summed E-state index contributed by atoms with van der Waals surface area (Å²) in [7, 11) is 5.81. The molecule has 6 nitrogen and oxygen atoms in total. The summed E-state index contributed by atoms with van der Waals surface area (Å²) < 4.78 is 5.11. The maximum Gasteiger partial charge on any atom is 0.158 e. The Labute approximate surface area is 121 Å². The highest BCUT2D eigenvalue weighted by molar-refractivity contribution is 5.47. The molecule has 0 bridgehead atoms. The Balaban J connectivity index is 2.71. The van der Waals surface area contributed by atoms with Crippen LogP contribution in [-0.2, 0) is 11.3 Å². The Morgan fingerprint density at radius 3 is 2.60 bits per heavy atom. The molecule has 0 fully saturated rings. The van der Waals surface area contributed by atoms with Crippen LogP contribution in [0.1, 0.15) is 26.1 Å². The van der Waals surface area contributed by atoms with Gasteiger partial charge in [-0.1, -0.05) is 0 Å². The first-order valence-electron chi connectivity index (χ1n) is 7.07. The first kappa shape index (κ1) is 16.7. The van der Waals surface area contributed by atoms with Gasteiger partial charge in [0.05, 0.1) is 0 Å². The second-order valence-corrected chi connectivity index (χ2v) is 5.16. The smallest absolute Gasteiger partial charge is 0.158 e. The highest BCUT2D eigenvalue weighted by atomic mass is 16.5. The average Bonchev–Trinajstić information content (AvgIpc) is 2.37. The van der Waals surface area contributed by atoms with Crippen molar-refractivity contribution in [3.05, 3.63) is 11.9 Å². The molecule has 1 aromatic rings. The molecule has 0 aliphatic heterocycles. The number of nitrogens with zero attached hydrogens (tertiary/aromatic N) is 3. The minimum Gasteiger partial charge on any atom is -0.377 e. The lowest BCUT2D eigenvalue weighted by Gasteiger charge is -2.18. The van der Waals surface area contributed by atoms with Gasteiger partial charge in [0.15, 0.2) is 5.82 Å². The standard InChI is InChI=1S/C14H27N5O/c1-6-15-12-9-13(18-14(17-12)10-20-5)16-11(2)7-8-19(3)4/h9,11H,6-8,10H2,1-5H3,(H2,15,16,17,18). The fraction of sp³-hybridized carbons (Fsp3) is 0.714. The summed E-state index contributed by atoms with van der Waals surface area (Å²) in [5.74, 6) is 2.36. The van der Waals surface area contributed by atoms with Crippen LogP contribution in [0.5, 0.6) is 0 Å². The molecule has 0 saturated carbocycles. The van der Waals surface area contributed by atoms with Gasteiger partial charge in [-0.25, -0.2) is 9.97 Å². The van der Waals surface area contributed by atoms with Crippen molar-refractivity contribution in [3.63, 3.8) is 0 Å². The van der Waals surface area contributed by atoms with E-state index in [0.29, 0.717) is 18.5 Å². The molecule has 0 amide bonds. The molecule has 1 unspecified atom stereocenters. The molecule has 0 aliphatic rings. The third-order valence-electron chi connectivity index (χ3n) is 2.81. The Kier molecular flexibility index (Phi) is 7.25. The Bertz CT molecular complexity index is 373. The van der Waals surface area contributed by atoms with Crippen molar-refractivity contribution < 1.29 is 4.74 Å². The summed E-state index contributed by atoms with van der Waals surface area (Å²) >= 11 is 0. The van der Waals surface area contributed by atoms with E-state index >= 15 is 0 Å². The van der Waals surface area contributed by atoms with Crippen molar-refractivity contribution in [2.75, 3.05) is 44.9 Å². The van der Waals surface area contributed by atoms with Crippen LogP contribution in [0.25, 0.3) is 0 Å². The maximum atomic E-state index is 5.11. The van der Waals surface area contributed by atoms with Gasteiger partial charge in [-0.15, -0.1) is 0 Å². The molecule has 1 rings (SSSR count). The summed E-state index contributed by atoms with van der Waals surface area (Å²) in [6, 6.07) is 2.30. The first-order valence-corrected chi connectivity index (χ1v) is 7.07. The molecule has 0 spiro atoms. The number of anilines is 2. The second kappa shape index (κ2) is 8.71. The van der Waals surface area contributed by atoms with Gasteiger partial charge < -0.3 is 20.3 Å². The molecule has 6 heteroatoms. The minimum absolute atomic E-state index is 0.358. The van der Waals surface area contributed by atoms with Crippen molar-refractivity contribution in [3.8, 4) is 0 Å². The molecule has 2 N–H and O–H groups in total. The largest absolute Gasteiger partial charge is 0.377 e. The molecule has 114 valence electrons. The quantitative estimate of drug-likeness (QED) is 0.720. The molecule has 1 atom stereocenters. The minimum atomic E-state index is 0.358. The third-order valence-corrected chi connectivity index (χ3v) is 2.81. The van der Waals surface area contributed by atoms with Crippen molar-refractivity contribution in [2.45, 2.75) is 32.9 Å². The topological polar surface area (TPSA) is 62.3 Å². The summed E-state index contributed by atoms with van der Waals surface area (Å²) in [4.78, 5) is 11.0. The van der Waals surface area contributed by atoms with Gasteiger partial charge in [-0.05, 0) is 40.9 Å². The van der Waals surface area contributed by atoms with Gasteiger partial charge >= 0.3 is 0 Å². The van der Waals surface area contributed by atoms with Gasteiger partial charge in [0.2, 0.25) is 0 Å². The fourth-order valence-electron chi connectivity index (χ4n) is 1.81. The monoisotopic (exact) mass is 281 g/mol. The zero-order valence-electron chi connectivity index (χ0n) is 13.2. The van der Waals surface area contributed by atoms with Crippen LogP contribution in [0.2, 0.25) is 0 Å². The average molecular weight is 281 g/mol. The highest BCUT2D eigenvalue weighted by Gasteiger charge is 2.08. The second-order valence-electron chi connectivity index (χ2n) is 5.16. The summed E-state index contributed by atoms with van der Waals surface area (Å²) in [6.07, 6.45) is 1.06. The number of hydrogen-bond donors (Lipinski definition) is 2. The number of hydrogen-bond acceptors (Lipinski definition) is 6. The van der Waals surface area contributed by atoms with Gasteiger partial charge in [-0.3, -0.25) is 0 Å². The lowest BCUT2D eigenvalue weighted by Crippen LogP contribution is -2.23. The van der Waals surface area contributed by atoms with Crippen molar-refractivity contribution >= 4 is 11.6 Å². The van der Waals surface area contributed by atoms with Crippen LogP contribution >= 0.6 is 0 Å². The zero-order chi connectivity index (χ0) is 15.0. The van der Waals surface area contributed by atoms with Gasteiger partial charge in [-0.2, -0.15) is 0 Å². The molecular weight excluding hydrogens is 254 g/mol. The van der Waals surface area contributed by atoms with Crippen molar-refractivity contribution in [1.82, 2.24) is 14.9 Å². The molecule has 0 saturated heterocycles. The molecule has 1 aromatic heterocycles. The van der Waals surface area contributed by atoms with Crippen LogP contribution in [0.3, 0.4) is 0 Å². The fourth-order valence-corrected chi connectivity index (χ4v) is 1.81. The van der Waals surface area contributed by atoms with Crippen LogP contribution in [0.15, 0.2) is 6.07 Å². The van der Waals surface area contributed by atoms with Crippen LogP contribution < -0.4 is 10.6 Å². The SMILES string of the molecule is CCNc1cc(NC(C)CCN(C)C)nc(COC)n1. The summed E-state index contributed by atoms with van der Waals surface area (Å²) in [5.41, 5.74) is 0. The van der Waals surface area contributed by atoms with Crippen LogP contribution in [0, 0.1) is 0 Å². The van der Waals surface area contributed by atoms with Crippen LogP contribution in [0.4, 0.5) is 11.6 Å². The van der Waals surface area contributed by atoms with Gasteiger partial charge in [0.1, 0.15) is 18.2 Å². The van der Waals surface area contributed by atoms with E-state index < -0.39 is 0 Å². The van der Waals surface area contributed by atoms with Crippen molar-refractivity contribution in [1.29, 1.82) is 0 Å². The number of ether oxygens (including phenoxy) is 1. The van der Waals surface area contributed by atoms with E-state index in [1.54, 1.807) is 7.11 Å². The predicted octanol–water partition coefficient (Wildman–Crippen LogP) is 1.81. The summed E-state index contributed by atoms with van der Waals surface area (Å²) in [5, 5.41) is 6.64. The van der Waals surface area contributed by atoms with E-state index in [1.807, 2.05) is 13.0 Å². The van der Waals surface area contributed by atoms with Crippen LogP contribution in [-0.4, -0.2) is 55.2 Å². The lowest BCUT2D eigenvalue weighted by atomic mass is 10.2. The van der Waals surface area contributed by atoms with E-state index in [4.69, 9.17) is 4.74 Å². The zero-order valence-corrected chi connectivity index (χ0v) is 13.2. The van der Waals surface area contributed by atoms with E-state index in [1.165, 1.54) is 0 Å². The number of methoxy groups -OCH3 is 1. The van der Waals surface area contributed by atoms with Gasteiger partial charge in [0, 0.05) is 25.8 Å². The molecule has 0 radical (unpaired) electrons. The van der Waals surface area contributed by atoms with Gasteiger partial charge in [0.25, 0.3) is 0 Å². The Morgan fingerprint density at radius 1 is 1.30 bits per heavy atom. The molecule has 0 aliphatic carbocycles. The predicted molar refractivity (Wildman–Crippen MR) is 83.2 cm³/mol. The normalized spacial score (nSPS) is 12.5. The van der Waals surface area contributed by atoms with Crippen molar-refractivity contribution in [2.24, 2.45) is 0 Å². The number of nitrogens with one attached hydrogen (secondary N) is 2. The Morgan fingerprint density at radius 2 is 2.00 bits per heavy atom. The molecule has 20 heavy (non-hydrogen) atoms. The number of rotatable bonds is 9. The molecular formula is C14H27N5O. The molecule has 0 aromatic carbocycles. The first-order chi connectivity index (χ1) is 9.55. The van der Waals surface area contributed by atoms with E-state index in [2.05, 4.69) is 46.5 Å². The van der Waals surface area contributed by atoms with E-state index in [-0.39, 0.29) is 0 Å². The number of aromatic nitrogens is 2. The maximum absolute atomic E-state index is 5.11. The van der Waals surface area contributed by atoms with E-state index in [9.17, 15) is 0 Å². The highest BCUT2D eigenvalue weighted by Crippen LogP contribution is 2.13. The third kappa shape index (κ3) is 6.16. The summed E-state index contributed by atoms with van der Waals surface area (Å²) in [6.45, 7) is 6.50. The Hall–Kier alpha value is -1.40.